The first-order chi connectivity index (χ1) is 9.09. The lowest BCUT2D eigenvalue weighted by Crippen LogP contribution is -2.43. The van der Waals surface area contributed by atoms with Crippen molar-refractivity contribution >= 4 is 11.9 Å². The Morgan fingerprint density at radius 2 is 2.16 bits per heavy atom. The highest BCUT2D eigenvalue weighted by molar-refractivity contribution is 5.85. The number of aliphatic carboxylic acids is 1. The summed E-state index contributed by atoms with van der Waals surface area (Å²) in [6.45, 7) is 0.941. The number of rotatable bonds is 4. The summed E-state index contributed by atoms with van der Waals surface area (Å²) in [5, 5.41) is 23.3. The largest absolute Gasteiger partial charge is 0.479 e. The van der Waals surface area contributed by atoms with Crippen molar-refractivity contribution in [1.29, 1.82) is 0 Å². The fourth-order valence-corrected chi connectivity index (χ4v) is 2.14. The van der Waals surface area contributed by atoms with E-state index in [1.807, 2.05) is 24.3 Å². The molecule has 0 radical (unpaired) electrons. The van der Waals surface area contributed by atoms with E-state index in [-0.39, 0.29) is 18.4 Å². The van der Waals surface area contributed by atoms with E-state index >= 15 is 0 Å². The minimum atomic E-state index is -1.57. The van der Waals surface area contributed by atoms with E-state index in [2.05, 4.69) is 10.6 Å². The summed E-state index contributed by atoms with van der Waals surface area (Å²) in [5.41, 5.74) is 2.01. The third-order valence-electron chi connectivity index (χ3n) is 3.17. The molecule has 1 aromatic rings. The van der Waals surface area contributed by atoms with E-state index < -0.39 is 12.1 Å². The van der Waals surface area contributed by atoms with Gasteiger partial charge in [0.2, 0.25) is 5.91 Å². The predicted molar refractivity (Wildman–Crippen MR) is 67.5 cm³/mol. The molecule has 1 aliphatic heterocycles. The van der Waals surface area contributed by atoms with Crippen LogP contribution in [0, 0.1) is 0 Å². The first kappa shape index (κ1) is 13.5. The van der Waals surface area contributed by atoms with Crippen LogP contribution in [-0.4, -0.2) is 41.3 Å². The molecule has 2 rings (SSSR count). The zero-order valence-corrected chi connectivity index (χ0v) is 10.3. The van der Waals surface area contributed by atoms with E-state index in [4.69, 9.17) is 10.2 Å². The summed E-state index contributed by atoms with van der Waals surface area (Å²) < 4.78 is 0. The highest BCUT2D eigenvalue weighted by Crippen LogP contribution is 2.23. The number of nitrogens with one attached hydrogen (secondary N) is 2. The van der Waals surface area contributed by atoms with Gasteiger partial charge in [0.15, 0.2) is 6.10 Å². The van der Waals surface area contributed by atoms with Crippen molar-refractivity contribution in [1.82, 2.24) is 10.6 Å². The Morgan fingerprint density at radius 1 is 1.42 bits per heavy atom. The number of aliphatic hydroxyl groups excluding tert-OH is 1. The Bertz CT molecular complexity index is 489. The first-order valence-electron chi connectivity index (χ1n) is 6.06. The Balaban J connectivity index is 2.03. The average molecular weight is 264 g/mol. The van der Waals surface area contributed by atoms with Gasteiger partial charge in [0.25, 0.3) is 0 Å². The molecule has 6 heteroatoms. The van der Waals surface area contributed by atoms with E-state index in [0.717, 1.165) is 17.7 Å². The smallest absolute Gasteiger partial charge is 0.334 e. The molecule has 0 bridgehead atoms. The molecule has 1 heterocycles. The number of carbonyl (C=O) groups excluding carboxylic acids is 1. The van der Waals surface area contributed by atoms with Gasteiger partial charge < -0.3 is 20.8 Å². The molecule has 0 saturated carbocycles. The molecule has 0 fully saturated rings. The summed E-state index contributed by atoms with van der Waals surface area (Å²) in [4.78, 5) is 22.5. The molecule has 6 nitrogen and oxygen atoms in total. The van der Waals surface area contributed by atoms with Crippen LogP contribution < -0.4 is 10.6 Å². The van der Waals surface area contributed by atoms with Crippen LogP contribution in [0.15, 0.2) is 24.3 Å². The number of hydrogen-bond acceptors (Lipinski definition) is 4. The maximum absolute atomic E-state index is 12.0. The second kappa shape index (κ2) is 5.81. The Morgan fingerprint density at radius 3 is 2.89 bits per heavy atom. The average Bonchev–Trinajstić information content (AvgIpc) is 2.43. The van der Waals surface area contributed by atoms with Gasteiger partial charge in [-0.15, -0.1) is 0 Å². The number of benzene rings is 1. The second-order valence-corrected chi connectivity index (χ2v) is 4.48. The zero-order chi connectivity index (χ0) is 13.8. The van der Waals surface area contributed by atoms with Gasteiger partial charge in [0.1, 0.15) is 0 Å². The quantitative estimate of drug-likeness (QED) is 0.584. The fourth-order valence-electron chi connectivity index (χ4n) is 2.14. The van der Waals surface area contributed by atoms with Crippen molar-refractivity contribution in [3.8, 4) is 0 Å². The molecule has 0 spiro atoms. The Kier molecular flexibility index (Phi) is 4.13. The number of carbonyl (C=O) groups is 2. The third kappa shape index (κ3) is 3.10. The van der Waals surface area contributed by atoms with Gasteiger partial charge in [0.05, 0.1) is 12.5 Å². The fraction of sp³-hybridized carbons (Fsp3) is 0.385. The topological polar surface area (TPSA) is 98.7 Å². The molecule has 102 valence electrons. The van der Waals surface area contributed by atoms with Crippen LogP contribution in [0.1, 0.15) is 17.0 Å². The van der Waals surface area contributed by atoms with Crippen LogP contribution in [0.2, 0.25) is 0 Å². The summed E-state index contributed by atoms with van der Waals surface area (Å²) in [6.07, 6.45) is -1.57. The van der Waals surface area contributed by atoms with Gasteiger partial charge in [-0.1, -0.05) is 24.3 Å². The lowest BCUT2D eigenvalue weighted by atomic mass is 9.90. The van der Waals surface area contributed by atoms with Gasteiger partial charge in [0, 0.05) is 13.1 Å². The SMILES string of the molecule is O=C(NC[C@H](O)C(=O)O)C1CNCc2ccccc21. The van der Waals surface area contributed by atoms with Crippen LogP contribution in [-0.2, 0) is 16.1 Å². The Labute approximate surface area is 110 Å². The maximum Gasteiger partial charge on any atom is 0.334 e. The monoisotopic (exact) mass is 264 g/mol. The van der Waals surface area contributed by atoms with Crippen molar-refractivity contribution in [2.24, 2.45) is 0 Å². The second-order valence-electron chi connectivity index (χ2n) is 4.48. The summed E-state index contributed by atoms with van der Waals surface area (Å²) >= 11 is 0. The van der Waals surface area contributed by atoms with E-state index in [1.165, 1.54) is 0 Å². The molecular weight excluding hydrogens is 248 g/mol. The van der Waals surface area contributed by atoms with Crippen molar-refractivity contribution in [2.75, 3.05) is 13.1 Å². The van der Waals surface area contributed by atoms with Gasteiger partial charge in [-0.3, -0.25) is 4.79 Å². The molecule has 0 aliphatic carbocycles. The molecule has 1 amide bonds. The standard InChI is InChI=1S/C13H16N2O4/c16-11(13(18)19)7-15-12(17)10-6-14-5-8-3-1-2-4-9(8)10/h1-4,10-11,14,16H,5-7H2,(H,15,17)(H,18,19)/t10?,11-/m0/s1. The summed E-state index contributed by atoms with van der Waals surface area (Å²) in [7, 11) is 0. The summed E-state index contributed by atoms with van der Waals surface area (Å²) in [6, 6.07) is 7.63. The van der Waals surface area contributed by atoms with Crippen LogP contribution >= 0.6 is 0 Å². The highest BCUT2D eigenvalue weighted by atomic mass is 16.4. The number of amides is 1. The van der Waals surface area contributed by atoms with Gasteiger partial charge >= 0.3 is 5.97 Å². The molecule has 19 heavy (non-hydrogen) atoms. The number of carboxylic acids is 1. The van der Waals surface area contributed by atoms with Crippen LogP contribution in [0.3, 0.4) is 0 Å². The highest BCUT2D eigenvalue weighted by Gasteiger charge is 2.26. The van der Waals surface area contributed by atoms with E-state index in [9.17, 15) is 9.59 Å². The normalized spacial score (nSPS) is 19.3. The first-order valence-corrected chi connectivity index (χ1v) is 6.06. The molecule has 4 N–H and O–H groups in total. The molecule has 0 saturated heterocycles. The van der Waals surface area contributed by atoms with E-state index in [0.29, 0.717) is 6.54 Å². The van der Waals surface area contributed by atoms with Gasteiger partial charge in [-0.2, -0.15) is 0 Å². The van der Waals surface area contributed by atoms with Gasteiger partial charge in [-0.25, -0.2) is 4.79 Å². The molecule has 1 aromatic carbocycles. The third-order valence-corrected chi connectivity index (χ3v) is 3.17. The molecule has 2 atom stereocenters. The lowest BCUT2D eigenvalue weighted by Gasteiger charge is -2.25. The van der Waals surface area contributed by atoms with Crippen molar-refractivity contribution in [3.05, 3.63) is 35.4 Å². The van der Waals surface area contributed by atoms with Crippen molar-refractivity contribution in [2.45, 2.75) is 18.6 Å². The van der Waals surface area contributed by atoms with Crippen molar-refractivity contribution in [3.63, 3.8) is 0 Å². The number of aliphatic hydroxyl groups is 1. The molecule has 1 unspecified atom stereocenters. The summed E-state index contributed by atoms with van der Waals surface area (Å²) in [5.74, 6) is -1.98. The lowest BCUT2D eigenvalue weighted by molar-refractivity contribution is -0.146. The van der Waals surface area contributed by atoms with Crippen LogP contribution in [0.5, 0.6) is 0 Å². The molecule has 1 aliphatic rings. The number of fused-ring (bicyclic) bond motifs is 1. The van der Waals surface area contributed by atoms with E-state index in [1.54, 1.807) is 0 Å². The molecule has 0 aromatic heterocycles. The van der Waals surface area contributed by atoms with Crippen molar-refractivity contribution < 1.29 is 19.8 Å². The molecular formula is C13H16N2O4. The maximum atomic E-state index is 12.0. The number of hydrogen-bond donors (Lipinski definition) is 4. The minimum absolute atomic E-state index is 0.278. The predicted octanol–water partition coefficient (Wildman–Crippen LogP) is -0.565. The van der Waals surface area contributed by atoms with Gasteiger partial charge in [-0.05, 0) is 11.1 Å². The minimum Gasteiger partial charge on any atom is -0.479 e. The Hall–Kier alpha value is -1.92. The number of carboxylic acid groups (broad SMARTS) is 1. The zero-order valence-electron chi connectivity index (χ0n) is 10.3. The van der Waals surface area contributed by atoms with Crippen LogP contribution in [0.25, 0.3) is 0 Å². The van der Waals surface area contributed by atoms with Crippen LogP contribution in [0.4, 0.5) is 0 Å².